The minimum absolute atomic E-state index is 0.122. The maximum absolute atomic E-state index is 12.5. The number of nitrogens with zero attached hydrogens (tertiary/aromatic N) is 1. The van der Waals surface area contributed by atoms with E-state index in [1.807, 2.05) is 12.1 Å². The number of halogens is 2. The highest BCUT2D eigenvalue weighted by atomic mass is 19.3. The van der Waals surface area contributed by atoms with Gasteiger partial charge in [0.1, 0.15) is 5.69 Å². The van der Waals surface area contributed by atoms with Gasteiger partial charge in [0.25, 0.3) is 6.43 Å². The Kier molecular flexibility index (Phi) is 2.15. The van der Waals surface area contributed by atoms with E-state index in [0.29, 0.717) is 11.1 Å². The van der Waals surface area contributed by atoms with Crippen LogP contribution in [0.4, 0.5) is 8.78 Å². The van der Waals surface area contributed by atoms with Gasteiger partial charge < -0.3 is 0 Å². The van der Waals surface area contributed by atoms with Gasteiger partial charge in [-0.2, -0.15) is 0 Å². The van der Waals surface area contributed by atoms with E-state index in [-0.39, 0.29) is 5.69 Å². The summed E-state index contributed by atoms with van der Waals surface area (Å²) in [6.45, 7) is 1.65. The monoisotopic (exact) mass is 193 g/mol. The SMILES string of the molecule is Cc1cc2ccccc2nc1C(F)F. The van der Waals surface area contributed by atoms with Gasteiger partial charge in [0.2, 0.25) is 0 Å². The lowest BCUT2D eigenvalue weighted by molar-refractivity contribution is 0.145. The lowest BCUT2D eigenvalue weighted by Gasteiger charge is -2.05. The average molecular weight is 193 g/mol. The summed E-state index contributed by atoms with van der Waals surface area (Å²) in [5, 5.41) is 0.898. The third-order valence-electron chi connectivity index (χ3n) is 2.16. The normalized spacial score (nSPS) is 11.1. The van der Waals surface area contributed by atoms with E-state index in [1.165, 1.54) is 0 Å². The molecule has 1 nitrogen and oxygen atoms in total. The number of pyridine rings is 1. The van der Waals surface area contributed by atoms with E-state index >= 15 is 0 Å². The molecule has 72 valence electrons. The van der Waals surface area contributed by atoms with Gasteiger partial charge in [-0.3, -0.25) is 0 Å². The van der Waals surface area contributed by atoms with E-state index < -0.39 is 6.43 Å². The molecule has 0 aliphatic heterocycles. The standard InChI is InChI=1S/C11H9F2N/c1-7-6-8-4-2-3-5-9(8)14-10(7)11(12)13/h2-6,11H,1H3. The van der Waals surface area contributed by atoms with Gasteiger partial charge >= 0.3 is 0 Å². The van der Waals surface area contributed by atoms with Gasteiger partial charge in [0, 0.05) is 5.39 Å². The first-order valence-corrected chi connectivity index (χ1v) is 4.33. The quantitative estimate of drug-likeness (QED) is 0.675. The van der Waals surface area contributed by atoms with Crippen LogP contribution in [0.5, 0.6) is 0 Å². The molecule has 0 amide bonds. The Morgan fingerprint density at radius 1 is 1.21 bits per heavy atom. The summed E-state index contributed by atoms with van der Waals surface area (Å²) >= 11 is 0. The van der Waals surface area contributed by atoms with Crippen LogP contribution in [0.15, 0.2) is 30.3 Å². The minimum Gasteiger partial charge on any atom is -0.247 e. The van der Waals surface area contributed by atoms with Crippen molar-refractivity contribution in [1.82, 2.24) is 4.98 Å². The molecule has 0 aliphatic rings. The Hall–Kier alpha value is -1.51. The fourth-order valence-electron chi connectivity index (χ4n) is 1.46. The summed E-state index contributed by atoms with van der Waals surface area (Å²) in [4.78, 5) is 3.92. The summed E-state index contributed by atoms with van der Waals surface area (Å²) in [6, 6.07) is 9.00. The molecule has 0 atom stereocenters. The number of aromatic nitrogens is 1. The first-order valence-electron chi connectivity index (χ1n) is 4.33. The van der Waals surface area contributed by atoms with Gasteiger partial charge in [-0.1, -0.05) is 18.2 Å². The maximum atomic E-state index is 12.5. The number of para-hydroxylation sites is 1. The highest BCUT2D eigenvalue weighted by Gasteiger charge is 2.12. The molecular weight excluding hydrogens is 184 g/mol. The molecule has 0 spiro atoms. The summed E-state index contributed by atoms with van der Waals surface area (Å²) in [7, 11) is 0. The Balaban J connectivity index is 2.71. The largest absolute Gasteiger partial charge is 0.280 e. The summed E-state index contributed by atoms with van der Waals surface area (Å²) in [5.74, 6) is 0. The molecule has 0 fully saturated rings. The van der Waals surface area contributed by atoms with Crippen molar-refractivity contribution in [3.05, 3.63) is 41.6 Å². The fourth-order valence-corrected chi connectivity index (χ4v) is 1.46. The van der Waals surface area contributed by atoms with Crippen LogP contribution in [-0.4, -0.2) is 4.98 Å². The predicted molar refractivity (Wildman–Crippen MR) is 51.4 cm³/mol. The van der Waals surface area contributed by atoms with Crippen LogP contribution < -0.4 is 0 Å². The zero-order chi connectivity index (χ0) is 10.1. The second-order valence-corrected chi connectivity index (χ2v) is 3.18. The molecule has 1 heterocycles. The van der Waals surface area contributed by atoms with Crippen molar-refractivity contribution in [1.29, 1.82) is 0 Å². The zero-order valence-corrected chi connectivity index (χ0v) is 7.67. The Morgan fingerprint density at radius 2 is 1.93 bits per heavy atom. The zero-order valence-electron chi connectivity index (χ0n) is 7.67. The van der Waals surface area contributed by atoms with Gasteiger partial charge in [-0.05, 0) is 24.6 Å². The first kappa shape index (κ1) is 9.06. The number of aryl methyl sites for hydroxylation is 1. The van der Waals surface area contributed by atoms with Crippen LogP contribution in [0, 0.1) is 6.92 Å². The Morgan fingerprint density at radius 3 is 2.64 bits per heavy atom. The first-order chi connectivity index (χ1) is 6.68. The maximum Gasteiger partial charge on any atom is 0.280 e. The molecule has 0 radical (unpaired) electrons. The third-order valence-corrected chi connectivity index (χ3v) is 2.16. The number of benzene rings is 1. The van der Waals surface area contributed by atoms with Crippen LogP contribution >= 0.6 is 0 Å². The van der Waals surface area contributed by atoms with Crippen molar-refractivity contribution in [3.8, 4) is 0 Å². The molecule has 0 unspecified atom stereocenters. The van der Waals surface area contributed by atoms with Gasteiger partial charge in [0.05, 0.1) is 5.52 Å². The van der Waals surface area contributed by atoms with Crippen LogP contribution in [-0.2, 0) is 0 Å². The number of hydrogen-bond donors (Lipinski definition) is 0. The number of rotatable bonds is 1. The number of alkyl halides is 2. The van der Waals surface area contributed by atoms with E-state index in [1.54, 1.807) is 25.1 Å². The molecule has 0 N–H and O–H groups in total. The van der Waals surface area contributed by atoms with Crippen LogP contribution in [0.25, 0.3) is 10.9 Å². The molecule has 2 rings (SSSR count). The Labute approximate surface area is 80.4 Å². The van der Waals surface area contributed by atoms with Crippen LogP contribution in [0.1, 0.15) is 17.7 Å². The van der Waals surface area contributed by atoms with Gasteiger partial charge in [-0.25, -0.2) is 13.8 Å². The number of fused-ring (bicyclic) bond motifs is 1. The van der Waals surface area contributed by atoms with Crippen molar-refractivity contribution in [2.24, 2.45) is 0 Å². The smallest absolute Gasteiger partial charge is 0.247 e. The highest BCUT2D eigenvalue weighted by molar-refractivity contribution is 5.79. The van der Waals surface area contributed by atoms with E-state index in [9.17, 15) is 8.78 Å². The second-order valence-electron chi connectivity index (χ2n) is 3.18. The van der Waals surface area contributed by atoms with Gasteiger partial charge in [-0.15, -0.1) is 0 Å². The molecule has 3 heteroatoms. The lowest BCUT2D eigenvalue weighted by Crippen LogP contribution is -1.94. The van der Waals surface area contributed by atoms with Crippen LogP contribution in [0.3, 0.4) is 0 Å². The molecular formula is C11H9F2N. The average Bonchev–Trinajstić information content (AvgIpc) is 2.16. The molecule has 2 aromatic rings. The van der Waals surface area contributed by atoms with Crippen molar-refractivity contribution >= 4 is 10.9 Å². The summed E-state index contributed by atoms with van der Waals surface area (Å²) in [5.41, 5.74) is 1.04. The molecule has 1 aromatic heterocycles. The van der Waals surface area contributed by atoms with Crippen molar-refractivity contribution in [2.75, 3.05) is 0 Å². The Bertz CT molecular complexity index is 466. The van der Waals surface area contributed by atoms with E-state index in [2.05, 4.69) is 4.98 Å². The second kappa shape index (κ2) is 3.33. The minimum atomic E-state index is -2.50. The van der Waals surface area contributed by atoms with Gasteiger partial charge in [0.15, 0.2) is 0 Å². The summed E-state index contributed by atoms with van der Waals surface area (Å²) < 4.78 is 25.0. The summed E-state index contributed by atoms with van der Waals surface area (Å²) in [6.07, 6.45) is -2.50. The molecule has 14 heavy (non-hydrogen) atoms. The highest BCUT2D eigenvalue weighted by Crippen LogP contribution is 2.23. The van der Waals surface area contributed by atoms with Crippen molar-refractivity contribution in [2.45, 2.75) is 13.3 Å². The third kappa shape index (κ3) is 1.45. The fraction of sp³-hybridized carbons (Fsp3) is 0.182. The van der Waals surface area contributed by atoms with Crippen molar-refractivity contribution in [3.63, 3.8) is 0 Å². The molecule has 0 saturated heterocycles. The topological polar surface area (TPSA) is 12.9 Å². The number of hydrogen-bond acceptors (Lipinski definition) is 1. The molecule has 0 aliphatic carbocycles. The molecule has 1 aromatic carbocycles. The molecule has 0 saturated carbocycles. The van der Waals surface area contributed by atoms with E-state index in [4.69, 9.17) is 0 Å². The predicted octanol–water partition coefficient (Wildman–Crippen LogP) is 3.48. The van der Waals surface area contributed by atoms with Crippen LogP contribution in [0.2, 0.25) is 0 Å². The molecule has 0 bridgehead atoms. The lowest BCUT2D eigenvalue weighted by atomic mass is 10.1. The van der Waals surface area contributed by atoms with Crippen molar-refractivity contribution < 1.29 is 8.78 Å². The van der Waals surface area contributed by atoms with E-state index in [0.717, 1.165) is 5.39 Å².